The maximum Gasteiger partial charge on any atom is 0.274 e. The summed E-state index contributed by atoms with van der Waals surface area (Å²) in [4.78, 5) is 41.4. The van der Waals surface area contributed by atoms with Crippen molar-refractivity contribution in [2.24, 2.45) is 0 Å². The van der Waals surface area contributed by atoms with Crippen molar-refractivity contribution in [2.45, 2.75) is 38.4 Å². The lowest BCUT2D eigenvalue weighted by Crippen LogP contribution is -2.40. The molecule has 2 amide bonds. The summed E-state index contributed by atoms with van der Waals surface area (Å²) in [6.07, 6.45) is 5.67. The number of amides is 2. The topological polar surface area (TPSA) is 79.3 Å². The van der Waals surface area contributed by atoms with Gasteiger partial charge in [-0.15, -0.1) is 0 Å². The van der Waals surface area contributed by atoms with Crippen LogP contribution in [-0.2, 0) is 11.3 Å². The second-order valence-corrected chi connectivity index (χ2v) is 6.51. The molecule has 7 heteroatoms. The summed E-state index contributed by atoms with van der Waals surface area (Å²) in [7, 11) is 0. The molecule has 0 radical (unpaired) electrons. The molecule has 2 aromatic heterocycles. The number of nitrogens with zero attached hydrogens (tertiary/aromatic N) is 5. The van der Waals surface area contributed by atoms with Crippen molar-refractivity contribution < 1.29 is 9.59 Å². The van der Waals surface area contributed by atoms with Crippen molar-refractivity contribution in [3.63, 3.8) is 0 Å². The minimum Gasteiger partial charge on any atom is -0.332 e. The van der Waals surface area contributed by atoms with E-state index >= 15 is 0 Å². The number of fused-ring (bicyclic) bond motifs is 1. The summed E-state index contributed by atoms with van der Waals surface area (Å²) < 4.78 is 0. The molecule has 2 aliphatic rings. The molecule has 4 heterocycles. The zero-order chi connectivity index (χ0) is 17.4. The fourth-order valence-electron chi connectivity index (χ4n) is 3.80. The number of pyridine rings is 1. The Morgan fingerprint density at radius 2 is 2.16 bits per heavy atom. The van der Waals surface area contributed by atoms with Crippen LogP contribution in [0.4, 0.5) is 0 Å². The molecule has 2 aromatic rings. The van der Waals surface area contributed by atoms with E-state index in [0.717, 1.165) is 17.8 Å². The maximum atomic E-state index is 12.7. The van der Waals surface area contributed by atoms with Crippen LogP contribution in [-0.4, -0.2) is 55.2 Å². The molecule has 0 aliphatic carbocycles. The van der Waals surface area contributed by atoms with Crippen LogP contribution in [0, 0.1) is 6.92 Å². The van der Waals surface area contributed by atoms with Gasteiger partial charge in [0.1, 0.15) is 5.69 Å². The van der Waals surface area contributed by atoms with Gasteiger partial charge in [-0.25, -0.2) is 4.98 Å². The van der Waals surface area contributed by atoms with E-state index in [1.807, 2.05) is 30.0 Å². The van der Waals surface area contributed by atoms with Gasteiger partial charge in [0, 0.05) is 31.1 Å². The van der Waals surface area contributed by atoms with Gasteiger partial charge in [-0.2, -0.15) is 0 Å². The van der Waals surface area contributed by atoms with Gasteiger partial charge in [-0.05, 0) is 25.5 Å². The second kappa shape index (κ2) is 6.23. The molecule has 0 N–H and O–H groups in total. The molecule has 0 saturated carbocycles. The predicted octanol–water partition coefficient (Wildman–Crippen LogP) is 1.20. The van der Waals surface area contributed by atoms with E-state index < -0.39 is 0 Å². The van der Waals surface area contributed by atoms with Crippen LogP contribution < -0.4 is 0 Å². The van der Waals surface area contributed by atoms with Crippen LogP contribution in [0.1, 0.15) is 34.7 Å². The summed E-state index contributed by atoms with van der Waals surface area (Å²) in [6, 6.07) is 5.79. The summed E-state index contributed by atoms with van der Waals surface area (Å²) in [6.45, 7) is 3.07. The van der Waals surface area contributed by atoms with Crippen molar-refractivity contribution in [1.82, 2.24) is 24.8 Å². The van der Waals surface area contributed by atoms with E-state index in [9.17, 15) is 9.59 Å². The van der Waals surface area contributed by atoms with Crippen LogP contribution in [0.25, 0.3) is 0 Å². The minimum atomic E-state index is -0.149. The van der Waals surface area contributed by atoms with E-state index in [0.29, 0.717) is 25.2 Å². The van der Waals surface area contributed by atoms with Crippen molar-refractivity contribution >= 4 is 11.8 Å². The first-order valence-electron chi connectivity index (χ1n) is 8.42. The first kappa shape index (κ1) is 15.7. The molecule has 0 unspecified atom stereocenters. The lowest BCUT2D eigenvalue weighted by molar-refractivity contribution is -0.129. The highest BCUT2D eigenvalue weighted by Crippen LogP contribution is 2.34. The highest BCUT2D eigenvalue weighted by molar-refractivity contribution is 5.93. The number of carbonyl (C=O) groups is 2. The van der Waals surface area contributed by atoms with Crippen LogP contribution in [0.3, 0.4) is 0 Å². The van der Waals surface area contributed by atoms with Crippen molar-refractivity contribution in [1.29, 1.82) is 0 Å². The average Bonchev–Trinajstić information content (AvgIpc) is 3.15. The normalized spacial score (nSPS) is 22.4. The predicted molar refractivity (Wildman–Crippen MR) is 89.4 cm³/mol. The Bertz CT molecular complexity index is 810. The monoisotopic (exact) mass is 337 g/mol. The summed E-state index contributed by atoms with van der Waals surface area (Å²) in [5, 5.41) is 0. The molecule has 7 nitrogen and oxygen atoms in total. The third-order valence-electron chi connectivity index (χ3n) is 4.94. The third kappa shape index (κ3) is 2.86. The van der Waals surface area contributed by atoms with Crippen molar-refractivity contribution in [3.8, 4) is 0 Å². The lowest BCUT2D eigenvalue weighted by atomic mass is 10.1. The molecule has 0 aromatic carbocycles. The van der Waals surface area contributed by atoms with Gasteiger partial charge in [0.05, 0.1) is 30.5 Å². The molecule has 2 fully saturated rings. The fourth-order valence-corrected chi connectivity index (χ4v) is 3.80. The number of aryl methyl sites for hydroxylation is 1. The van der Waals surface area contributed by atoms with Gasteiger partial charge in [0.2, 0.25) is 5.91 Å². The van der Waals surface area contributed by atoms with Gasteiger partial charge in [-0.1, -0.05) is 6.07 Å². The van der Waals surface area contributed by atoms with Crippen molar-refractivity contribution in [2.75, 3.05) is 6.54 Å². The molecule has 2 aliphatic heterocycles. The van der Waals surface area contributed by atoms with Gasteiger partial charge < -0.3 is 9.80 Å². The van der Waals surface area contributed by atoms with Gasteiger partial charge in [-0.3, -0.25) is 19.6 Å². The Morgan fingerprint density at radius 1 is 1.28 bits per heavy atom. The van der Waals surface area contributed by atoms with Crippen LogP contribution >= 0.6 is 0 Å². The highest BCUT2D eigenvalue weighted by atomic mass is 16.2. The van der Waals surface area contributed by atoms with Gasteiger partial charge in [0.15, 0.2) is 0 Å². The molecule has 2 atom stereocenters. The third-order valence-corrected chi connectivity index (χ3v) is 4.94. The standard InChI is InChI=1S/C18H19N5O2/c1-12-3-2-4-13(21-12)11-23-15-5-8-22(16(15)9-17(23)24)18(25)14-10-19-6-7-20-14/h2-4,6-7,10,15-16H,5,8-9,11H2,1H3/t15-,16-/m1/s1. The Hall–Kier alpha value is -2.83. The SMILES string of the molecule is Cc1cccc(CN2C(=O)C[C@@H]3[C@H]2CCN3C(=O)c2cnccn2)n1. The maximum absolute atomic E-state index is 12.7. The number of likely N-dealkylation sites (tertiary alicyclic amines) is 2. The molecular formula is C18H19N5O2. The zero-order valence-corrected chi connectivity index (χ0v) is 14.0. The Balaban J connectivity index is 1.52. The van der Waals surface area contributed by atoms with Crippen molar-refractivity contribution in [3.05, 3.63) is 53.9 Å². The average molecular weight is 337 g/mol. The number of aromatic nitrogens is 3. The van der Waals surface area contributed by atoms with Gasteiger partial charge in [0.25, 0.3) is 5.91 Å². The van der Waals surface area contributed by atoms with E-state index in [1.54, 1.807) is 11.1 Å². The molecule has 0 spiro atoms. The largest absolute Gasteiger partial charge is 0.332 e. The molecule has 4 rings (SSSR count). The smallest absolute Gasteiger partial charge is 0.274 e. The molecular weight excluding hydrogens is 318 g/mol. The van der Waals surface area contributed by atoms with Crippen LogP contribution in [0.2, 0.25) is 0 Å². The van der Waals surface area contributed by atoms with E-state index in [2.05, 4.69) is 15.0 Å². The molecule has 25 heavy (non-hydrogen) atoms. The Labute approximate surface area is 145 Å². The molecule has 2 saturated heterocycles. The fraction of sp³-hybridized carbons (Fsp3) is 0.389. The first-order valence-corrected chi connectivity index (χ1v) is 8.42. The van der Waals surface area contributed by atoms with E-state index in [-0.39, 0.29) is 23.9 Å². The lowest BCUT2D eigenvalue weighted by Gasteiger charge is -2.25. The summed E-state index contributed by atoms with van der Waals surface area (Å²) >= 11 is 0. The van der Waals surface area contributed by atoms with E-state index in [4.69, 9.17) is 0 Å². The quantitative estimate of drug-likeness (QED) is 0.841. The Morgan fingerprint density at radius 3 is 2.92 bits per heavy atom. The number of carbonyl (C=O) groups excluding carboxylic acids is 2. The molecule has 128 valence electrons. The first-order chi connectivity index (χ1) is 12.1. The second-order valence-electron chi connectivity index (χ2n) is 6.51. The highest BCUT2D eigenvalue weighted by Gasteiger charge is 2.48. The number of hydrogen-bond donors (Lipinski definition) is 0. The van der Waals surface area contributed by atoms with Gasteiger partial charge >= 0.3 is 0 Å². The zero-order valence-electron chi connectivity index (χ0n) is 14.0. The Kier molecular flexibility index (Phi) is 3.91. The van der Waals surface area contributed by atoms with E-state index in [1.165, 1.54) is 12.4 Å². The summed E-state index contributed by atoms with van der Waals surface area (Å²) in [5.41, 5.74) is 2.15. The van der Waals surface area contributed by atoms with Crippen LogP contribution in [0.5, 0.6) is 0 Å². The summed E-state index contributed by atoms with van der Waals surface area (Å²) in [5.74, 6) is -0.0705. The van der Waals surface area contributed by atoms with Crippen LogP contribution in [0.15, 0.2) is 36.8 Å². The number of rotatable bonds is 3. The molecule has 0 bridgehead atoms. The number of hydrogen-bond acceptors (Lipinski definition) is 5. The minimum absolute atomic E-state index is 0.0513.